The van der Waals surface area contributed by atoms with Crippen molar-refractivity contribution in [2.75, 3.05) is 6.54 Å². The number of aliphatic carboxylic acids is 1. The zero-order valence-electron chi connectivity index (χ0n) is 8.79. The van der Waals surface area contributed by atoms with Crippen LogP contribution in [0, 0.1) is 0 Å². The van der Waals surface area contributed by atoms with E-state index >= 15 is 0 Å². The van der Waals surface area contributed by atoms with Gasteiger partial charge in [0.15, 0.2) is 0 Å². The first-order chi connectivity index (χ1) is 7.18. The van der Waals surface area contributed by atoms with E-state index < -0.39 is 5.97 Å². The SMILES string of the molecule is O=C(O)CCC(=O)NC1CCCCCN1. The number of hydrogen-bond donors (Lipinski definition) is 3. The van der Waals surface area contributed by atoms with Gasteiger partial charge in [0.25, 0.3) is 0 Å². The normalized spacial score (nSPS) is 21.7. The van der Waals surface area contributed by atoms with E-state index in [4.69, 9.17) is 5.11 Å². The molecule has 0 aromatic carbocycles. The summed E-state index contributed by atoms with van der Waals surface area (Å²) in [7, 11) is 0. The van der Waals surface area contributed by atoms with Crippen LogP contribution in [0.2, 0.25) is 0 Å². The van der Waals surface area contributed by atoms with Gasteiger partial charge in [-0.05, 0) is 19.4 Å². The Hall–Kier alpha value is -1.10. The summed E-state index contributed by atoms with van der Waals surface area (Å²) in [4.78, 5) is 21.6. The molecule has 1 heterocycles. The molecule has 1 unspecified atom stereocenters. The van der Waals surface area contributed by atoms with Gasteiger partial charge in [-0.3, -0.25) is 14.9 Å². The molecular formula is C10H18N2O3. The van der Waals surface area contributed by atoms with Crippen molar-refractivity contribution in [3.63, 3.8) is 0 Å². The lowest BCUT2D eigenvalue weighted by atomic mass is 10.2. The maximum atomic E-state index is 11.3. The molecule has 1 atom stereocenters. The van der Waals surface area contributed by atoms with Gasteiger partial charge in [-0.2, -0.15) is 0 Å². The predicted molar refractivity (Wildman–Crippen MR) is 55.3 cm³/mol. The Morgan fingerprint density at radius 1 is 1.27 bits per heavy atom. The van der Waals surface area contributed by atoms with Gasteiger partial charge in [0.1, 0.15) is 0 Å². The minimum atomic E-state index is -0.932. The van der Waals surface area contributed by atoms with Gasteiger partial charge in [-0.25, -0.2) is 0 Å². The zero-order chi connectivity index (χ0) is 11.1. The molecule has 0 aromatic heterocycles. The maximum absolute atomic E-state index is 11.3. The summed E-state index contributed by atoms with van der Waals surface area (Å²) in [6.45, 7) is 0.921. The highest BCUT2D eigenvalue weighted by molar-refractivity contribution is 5.80. The highest BCUT2D eigenvalue weighted by Crippen LogP contribution is 2.06. The highest BCUT2D eigenvalue weighted by Gasteiger charge is 2.14. The Morgan fingerprint density at radius 3 is 2.80 bits per heavy atom. The van der Waals surface area contributed by atoms with Crippen LogP contribution >= 0.6 is 0 Å². The van der Waals surface area contributed by atoms with E-state index in [2.05, 4.69) is 10.6 Å². The lowest BCUT2D eigenvalue weighted by Gasteiger charge is -2.17. The molecule has 1 rings (SSSR count). The van der Waals surface area contributed by atoms with Crippen molar-refractivity contribution in [2.45, 2.75) is 44.7 Å². The van der Waals surface area contributed by atoms with E-state index in [1.54, 1.807) is 0 Å². The second-order valence-corrected chi connectivity index (χ2v) is 3.82. The third-order valence-electron chi connectivity index (χ3n) is 2.46. The fourth-order valence-electron chi connectivity index (χ4n) is 1.64. The van der Waals surface area contributed by atoms with Crippen molar-refractivity contribution < 1.29 is 14.7 Å². The average Bonchev–Trinajstić information content (AvgIpc) is 2.43. The highest BCUT2D eigenvalue weighted by atomic mass is 16.4. The lowest BCUT2D eigenvalue weighted by Crippen LogP contribution is -2.44. The van der Waals surface area contributed by atoms with Crippen LogP contribution in [0.15, 0.2) is 0 Å². The fraction of sp³-hybridized carbons (Fsp3) is 0.800. The number of nitrogens with one attached hydrogen (secondary N) is 2. The van der Waals surface area contributed by atoms with E-state index in [-0.39, 0.29) is 24.9 Å². The number of carboxylic acid groups (broad SMARTS) is 1. The summed E-state index contributed by atoms with van der Waals surface area (Å²) in [5, 5.41) is 14.4. The van der Waals surface area contributed by atoms with Crippen molar-refractivity contribution in [3.05, 3.63) is 0 Å². The number of rotatable bonds is 4. The molecule has 1 amide bonds. The summed E-state index contributed by atoms with van der Waals surface area (Å²) in [6.07, 6.45) is 4.35. The van der Waals surface area contributed by atoms with Gasteiger partial charge in [0.05, 0.1) is 12.6 Å². The molecule has 0 bridgehead atoms. The third-order valence-corrected chi connectivity index (χ3v) is 2.46. The van der Waals surface area contributed by atoms with E-state index in [1.807, 2.05) is 0 Å². The van der Waals surface area contributed by atoms with Crippen LogP contribution in [0.25, 0.3) is 0 Å². The molecule has 5 heteroatoms. The maximum Gasteiger partial charge on any atom is 0.303 e. The second kappa shape index (κ2) is 6.40. The van der Waals surface area contributed by atoms with E-state index in [1.165, 1.54) is 6.42 Å². The van der Waals surface area contributed by atoms with Crippen LogP contribution in [0.4, 0.5) is 0 Å². The quantitative estimate of drug-likeness (QED) is 0.635. The summed E-state index contributed by atoms with van der Waals surface area (Å²) < 4.78 is 0. The zero-order valence-corrected chi connectivity index (χ0v) is 8.79. The molecule has 0 aromatic rings. The van der Waals surface area contributed by atoms with Crippen LogP contribution in [-0.4, -0.2) is 29.7 Å². The Balaban J connectivity index is 2.20. The van der Waals surface area contributed by atoms with Gasteiger partial charge in [-0.1, -0.05) is 12.8 Å². The Bertz CT molecular complexity index is 223. The van der Waals surface area contributed by atoms with E-state index in [9.17, 15) is 9.59 Å². The summed E-state index contributed by atoms with van der Waals surface area (Å²) in [5.74, 6) is -1.12. The number of carbonyl (C=O) groups excluding carboxylic acids is 1. The van der Waals surface area contributed by atoms with Gasteiger partial charge in [0.2, 0.25) is 5.91 Å². The molecule has 0 aliphatic carbocycles. The summed E-state index contributed by atoms with van der Waals surface area (Å²) in [6, 6.07) is 0. The van der Waals surface area contributed by atoms with Crippen LogP contribution in [0.3, 0.4) is 0 Å². The van der Waals surface area contributed by atoms with Crippen molar-refractivity contribution in [3.8, 4) is 0 Å². The number of carboxylic acids is 1. The minimum Gasteiger partial charge on any atom is -0.481 e. The van der Waals surface area contributed by atoms with Crippen LogP contribution in [0.1, 0.15) is 38.5 Å². The van der Waals surface area contributed by atoms with Gasteiger partial charge in [-0.15, -0.1) is 0 Å². The van der Waals surface area contributed by atoms with Crippen LogP contribution < -0.4 is 10.6 Å². The molecule has 1 aliphatic rings. The fourth-order valence-corrected chi connectivity index (χ4v) is 1.64. The van der Waals surface area contributed by atoms with Gasteiger partial charge >= 0.3 is 5.97 Å². The van der Waals surface area contributed by atoms with Crippen molar-refractivity contribution in [2.24, 2.45) is 0 Å². The van der Waals surface area contributed by atoms with Gasteiger partial charge in [0, 0.05) is 6.42 Å². The third kappa shape index (κ3) is 5.37. The molecule has 0 spiro atoms. The Kier molecular flexibility index (Phi) is 5.10. The predicted octanol–water partition coefficient (Wildman–Crippen LogP) is 0.457. The number of amides is 1. The van der Waals surface area contributed by atoms with Crippen molar-refractivity contribution in [1.29, 1.82) is 0 Å². The molecule has 1 saturated heterocycles. The molecule has 15 heavy (non-hydrogen) atoms. The topological polar surface area (TPSA) is 78.4 Å². The standard InChI is InChI=1S/C10H18N2O3/c13-9(5-6-10(14)15)12-8-4-2-1-3-7-11-8/h8,11H,1-7H2,(H,12,13)(H,14,15). The van der Waals surface area contributed by atoms with Gasteiger partial charge < -0.3 is 10.4 Å². The van der Waals surface area contributed by atoms with Crippen LogP contribution in [0.5, 0.6) is 0 Å². The van der Waals surface area contributed by atoms with E-state index in [0.29, 0.717) is 0 Å². The molecule has 5 nitrogen and oxygen atoms in total. The molecule has 3 N–H and O–H groups in total. The Labute approximate surface area is 89.2 Å². The first-order valence-corrected chi connectivity index (χ1v) is 5.43. The lowest BCUT2D eigenvalue weighted by molar-refractivity contribution is -0.139. The number of hydrogen-bond acceptors (Lipinski definition) is 3. The average molecular weight is 214 g/mol. The Morgan fingerprint density at radius 2 is 2.07 bits per heavy atom. The van der Waals surface area contributed by atoms with Crippen molar-refractivity contribution in [1.82, 2.24) is 10.6 Å². The first kappa shape index (κ1) is 12.0. The first-order valence-electron chi connectivity index (χ1n) is 5.43. The molecule has 0 saturated carbocycles. The van der Waals surface area contributed by atoms with E-state index in [0.717, 1.165) is 25.8 Å². The molecule has 1 aliphatic heterocycles. The molecule has 86 valence electrons. The monoisotopic (exact) mass is 214 g/mol. The van der Waals surface area contributed by atoms with Crippen LogP contribution in [-0.2, 0) is 9.59 Å². The second-order valence-electron chi connectivity index (χ2n) is 3.82. The molecule has 0 radical (unpaired) electrons. The molecule has 1 fully saturated rings. The minimum absolute atomic E-state index is 0.0220. The summed E-state index contributed by atoms with van der Waals surface area (Å²) >= 11 is 0. The smallest absolute Gasteiger partial charge is 0.303 e. The largest absolute Gasteiger partial charge is 0.481 e. The van der Waals surface area contributed by atoms with Crippen molar-refractivity contribution >= 4 is 11.9 Å². The summed E-state index contributed by atoms with van der Waals surface area (Å²) in [5.41, 5.74) is 0. The number of carbonyl (C=O) groups is 2. The molecular weight excluding hydrogens is 196 g/mol.